The first-order valence-electron chi connectivity index (χ1n) is 3.73. The van der Waals surface area contributed by atoms with E-state index in [1.54, 1.807) is 0 Å². The number of rotatable bonds is 0. The zero-order valence-electron chi connectivity index (χ0n) is 6.12. The van der Waals surface area contributed by atoms with Crippen LogP contribution in [0.25, 0.3) is 0 Å². The van der Waals surface area contributed by atoms with Crippen LogP contribution in [0.15, 0.2) is 0 Å². The van der Waals surface area contributed by atoms with Crippen molar-refractivity contribution in [3.63, 3.8) is 0 Å². The molecule has 2 heterocycles. The largest absolute Gasteiger partial charge is 0.374 e. The molecule has 0 saturated carbocycles. The second kappa shape index (κ2) is 2.43. The molecule has 2 atom stereocenters. The van der Waals surface area contributed by atoms with Crippen molar-refractivity contribution in [1.82, 2.24) is 5.32 Å². The zero-order valence-corrected chi connectivity index (χ0v) is 6.93. The van der Waals surface area contributed by atoms with Gasteiger partial charge in [0.15, 0.2) is 9.84 Å². The summed E-state index contributed by atoms with van der Waals surface area (Å²) in [5.74, 6) is 0.447. The number of hydrogen-bond donors (Lipinski definition) is 1. The maximum absolute atomic E-state index is 11.1. The summed E-state index contributed by atoms with van der Waals surface area (Å²) in [6.45, 7) is 1.41. The fourth-order valence-electron chi connectivity index (χ4n) is 1.62. The number of hydrogen-bond acceptors (Lipinski definition) is 4. The first kappa shape index (κ1) is 7.52. The summed E-state index contributed by atoms with van der Waals surface area (Å²) in [5, 5.41) is 3.13. The van der Waals surface area contributed by atoms with Crippen molar-refractivity contribution >= 4 is 9.84 Å². The van der Waals surface area contributed by atoms with Crippen LogP contribution < -0.4 is 5.32 Å². The minimum atomic E-state index is -2.82. The van der Waals surface area contributed by atoms with Gasteiger partial charge in [-0.15, -0.1) is 0 Å². The van der Waals surface area contributed by atoms with Gasteiger partial charge >= 0.3 is 0 Å². The van der Waals surface area contributed by atoms with Gasteiger partial charge in [-0.1, -0.05) is 0 Å². The van der Waals surface area contributed by atoms with Gasteiger partial charge in [0.05, 0.1) is 24.2 Å². The van der Waals surface area contributed by atoms with E-state index >= 15 is 0 Å². The molecule has 0 aromatic rings. The molecule has 2 rings (SSSR count). The van der Waals surface area contributed by atoms with Crippen molar-refractivity contribution < 1.29 is 13.2 Å². The third-order valence-corrected chi connectivity index (χ3v) is 3.84. The van der Waals surface area contributed by atoms with E-state index in [0.29, 0.717) is 6.61 Å². The van der Waals surface area contributed by atoms with Crippen molar-refractivity contribution in [1.29, 1.82) is 0 Å². The Hall–Kier alpha value is -0.130. The van der Waals surface area contributed by atoms with Gasteiger partial charge in [-0.2, -0.15) is 0 Å². The highest BCUT2D eigenvalue weighted by molar-refractivity contribution is 7.91. The molecule has 11 heavy (non-hydrogen) atoms. The van der Waals surface area contributed by atoms with E-state index in [4.69, 9.17) is 4.74 Å². The van der Waals surface area contributed by atoms with Crippen LogP contribution in [0.4, 0.5) is 0 Å². The first-order valence-corrected chi connectivity index (χ1v) is 5.55. The second-order valence-corrected chi connectivity index (χ2v) is 5.20. The van der Waals surface area contributed by atoms with Gasteiger partial charge in [0, 0.05) is 12.6 Å². The summed E-state index contributed by atoms with van der Waals surface area (Å²) in [6.07, 6.45) is -0.0891. The molecule has 0 unspecified atom stereocenters. The lowest BCUT2D eigenvalue weighted by Gasteiger charge is -2.25. The molecule has 2 aliphatic rings. The van der Waals surface area contributed by atoms with Crippen LogP contribution in [0.3, 0.4) is 0 Å². The average Bonchev–Trinajstić information content (AvgIpc) is 2.21. The summed E-state index contributed by atoms with van der Waals surface area (Å²) in [6, 6.07) is 0.0498. The smallest absolute Gasteiger partial charge is 0.154 e. The Balaban J connectivity index is 2.15. The van der Waals surface area contributed by atoms with E-state index in [1.807, 2.05) is 0 Å². The monoisotopic (exact) mass is 177 g/mol. The van der Waals surface area contributed by atoms with Crippen molar-refractivity contribution in [3.05, 3.63) is 0 Å². The van der Waals surface area contributed by atoms with Crippen LogP contribution in [-0.2, 0) is 14.6 Å². The lowest BCUT2D eigenvalue weighted by Crippen LogP contribution is -2.47. The summed E-state index contributed by atoms with van der Waals surface area (Å²) < 4.78 is 27.4. The molecule has 1 N–H and O–H groups in total. The summed E-state index contributed by atoms with van der Waals surface area (Å²) >= 11 is 0. The van der Waals surface area contributed by atoms with E-state index in [1.165, 1.54) is 0 Å². The molecular formula is C6H11NO3S. The molecule has 2 saturated heterocycles. The molecule has 4 nitrogen and oxygen atoms in total. The normalized spacial score (nSPS) is 41.8. The minimum absolute atomic E-state index is 0.0498. The Bertz CT molecular complexity index is 229. The topological polar surface area (TPSA) is 55.4 Å². The SMILES string of the molecule is O=S1(=O)C[C@@H]2NCCO[C@H]2C1. The standard InChI is InChI=1S/C6H11NO3S/c8-11(9)3-5-6(4-11)10-2-1-7-5/h5-7H,1-4H2/t5-,6-/m0/s1. The van der Waals surface area contributed by atoms with Crippen LogP contribution in [-0.4, -0.2) is 45.2 Å². The van der Waals surface area contributed by atoms with Crippen LogP contribution >= 0.6 is 0 Å². The maximum Gasteiger partial charge on any atom is 0.154 e. The molecular weight excluding hydrogens is 166 g/mol. The highest BCUT2D eigenvalue weighted by Gasteiger charge is 2.39. The van der Waals surface area contributed by atoms with Crippen molar-refractivity contribution in [2.75, 3.05) is 24.7 Å². The number of sulfone groups is 1. The molecule has 0 radical (unpaired) electrons. The molecule has 0 amide bonds. The molecule has 0 aliphatic carbocycles. The molecule has 0 aromatic heterocycles. The van der Waals surface area contributed by atoms with Crippen LogP contribution in [0.1, 0.15) is 0 Å². The zero-order chi connectivity index (χ0) is 7.90. The summed E-state index contributed by atoms with van der Waals surface area (Å²) in [7, 11) is -2.82. The van der Waals surface area contributed by atoms with E-state index in [0.717, 1.165) is 6.54 Å². The lowest BCUT2D eigenvalue weighted by molar-refractivity contribution is 0.0224. The Morgan fingerprint density at radius 1 is 1.36 bits per heavy atom. The number of nitrogens with one attached hydrogen (secondary N) is 1. The Morgan fingerprint density at radius 3 is 2.91 bits per heavy atom. The third-order valence-electron chi connectivity index (χ3n) is 2.14. The molecule has 0 bridgehead atoms. The van der Waals surface area contributed by atoms with E-state index < -0.39 is 9.84 Å². The molecule has 64 valence electrons. The maximum atomic E-state index is 11.1. The Kier molecular flexibility index (Phi) is 1.66. The van der Waals surface area contributed by atoms with Crippen LogP contribution in [0.5, 0.6) is 0 Å². The lowest BCUT2D eigenvalue weighted by atomic mass is 10.2. The minimum Gasteiger partial charge on any atom is -0.374 e. The second-order valence-electron chi connectivity index (χ2n) is 3.05. The van der Waals surface area contributed by atoms with Gasteiger partial charge in [0.1, 0.15) is 0 Å². The van der Waals surface area contributed by atoms with Crippen LogP contribution in [0, 0.1) is 0 Å². The third kappa shape index (κ3) is 1.40. The van der Waals surface area contributed by atoms with Crippen molar-refractivity contribution in [3.8, 4) is 0 Å². The van der Waals surface area contributed by atoms with Gasteiger partial charge in [-0.3, -0.25) is 0 Å². The van der Waals surface area contributed by atoms with Gasteiger partial charge in [0.2, 0.25) is 0 Å². The van der Waals surface area contributed by atoms with E-state index in [9.17, 15) is 8.42 Å². The first-order chi connectivity index (χ1) is 5.17. The van der Waals surface area contributed by atoms with Crippen molar-refractivity contribution in [2.45, 2.75) is 12.1 Å². The Labute approximate surface area is 65.8 Å². The van der Waals surface area contributed by atoms with Gasteiger partial charge in [0.25, 0.3) is 0 Å². The summed E-state index contributed by atoms with van der Waals surface area (Å²) in [4.78, 5) is 0. The predicted octanol–water partition coefficient (Wildman–Crippen LogP) is -1.23. The Morgan fingerprint density at radius 2 is 2.18 bits per heavy atom. The van der Waals surface area contributed by atoms with E-state index in [-0.39, 0.29) is 23.7 Å². The quantitative estimate of drug-likeness (QED) is 0.503. The number of ether oxygens (including phenoxy) is 1. The van der Waals surface area contributed by atoms with Crippen LogP contribution in [0.2, 0.25) is 0 Å². The highest BCUT2D eigenvalue weighted by Crippen LogP contribution is 2.17. The van der Waals surface area contributed by atoms with E-state index in [2.05, 4.69) is 5.32 Å². The molecule has 2 aliphatic heterocycles. The average molecular weight is 177 g/mol. The van der Waals surface area contributed by atoms with Gasteiger partial charge in [-0.05, 0) is 0 Å². The fraction of sp³-hybridized carbons (Fsp3) is 1.00. The molecule has 0 aromatic carbocycles. The van der Waals surface area contributed by atoms with Gasteiger partial charge < -0.3 is 10.1 Å². The molecule has 5 heteroatoms. The molecule has 2 fully saturated rings. The van der Waals surface area contributed by atoms with Crippen molar-refractivity contribution in [2.24, 2.45) is 0 Å². The number of fused-ring (bicyclic) bond motifs is 1. The number of morpholine rings is 1. The fourth-order valence-corrected chi connectivity index (χ4v) is 3.47. The highest BCUT2D eigenvalue weighted by atomic mass is 32.2. The van der Waals surface area contributed by atoms with Gasteiger partial charge in [-0.25, -0.2) is 8.42 Å². The summed E-state index contributed by atoms with van der Waals surface area (Å²) in [5.41, 5.74) is 0. The molecule has 0 spiro atoms. The predicted molar refractivity (Wildman–Crippen MR) is 40.2 cm³/mol.